The van der Waals surface area contributed by atoms with Crippen molar-refractivity contribution in [3.05, 3.63) is 60.4 Å². The van der Waals surface area contributed by atoms with Crippen molar-refractivity contribution < 1.29 is 0 Å². The van der Waals surface area contributed by atoms with Crippen LogP contribution in [0, 0.1) is 0 Å². The third kappa shape index (κ3) is 2.14. The van der Waals surface area contributed by atoms with Crippen molar-refractivity contribution in [1.82, 2.24) is 25.4 Å². The molecule has 2 heterocycles. The Morgan fingerprint density at radius 3 is 2.63 bits per heavy atom. The fraction of sp³-hybridized carbons (Fsp3) is 0.0769. The Balaban J connectivity index is 2.17. The lowest BCUT2D eigenvalue weighted by molar-refractivity contribution is 0.634. The summed E-state index contributed by atoms with van der Waals surface area (Å²) in [6.07, 6.45) is 8.28. The van der Waals surface area contributed by atoms with E-state index >= 15 is 0 Å². The van der Waals surface area contributed by atoms with Gasteiger partial charge in [-0.25, -0.2) is 15.4 Å². The Kier molecular flexibility index (Phi) is 3.09. The molecule has 1 aromatic carbocycles. The van der Waals surface area contributed by atoms with Crippen LogP contribution in [0.25, 0.3) is 11.0 Å². The zero-order valence-electron chi connectivity index (χ0n) is 10.1. The molecular weight excluding hydrogens is 240 g/mol. The third-order valence-electron chi connectivity index (χ3n) is 2.92. The second-order valence-corrected chi connectivity index (χ2v) is 4.04. The minimum Gasteiger partial charge on any atom is -0.271 e. The Hall–Kier alpha value is -2.44. The van der Waals surface area contributed by atoms with Crippen LogP contribution in [0.3, 0.4) is 0 Å². The van der Waals surface area contributed by atoms with E-state index in [1.165, 1.54) is 6.33 Å². The number of hydrogen-bond acceptors (Lipinski definition) is 6. The number of aromatic nitrogens is 4. The lowest BCUT2D eigenvalue weighted by Crippen LogP contribution is -2.29. The summed E-state index contributed by atoms with van der Waals surface area (Å²) in [6.45, 7) is 0. The van der Waals surface area contributed by atoms with Gasteiger partial charge < -0.3 is 0 Å². The van der Waals surface area contributed by atoms with Crippen LogP contribution in [0.15, 0.2) is 49.3 Å². The highest BCUT2D eigenvalue weighted by Crippen LogP contribution is 2.25. The number of nitrogens with one attached hydrogen (secondary N) is 1. The summed E-state index contributed by atoms with van der Waals surface area (Å²) in [5.41, 5.74) is 6.25. The van der Waals surface area contributed by atoms with E-state index in [1.807, 2.05) is 18.2 Å². The maximum absolute atomic E-state index is 5.67. The molecule has 3 aromatic rings. The smallest absolute Gasteiger partial charge is 0.115 e. The molecule has 6 heteroatoms. The number of nitrogens with zero attached hydrogens (tertiary/aromatic N) is 4. The molecule has 2 aromatic heterocycles. The third-order valence-corrected chi connectivity index (χ3v) is 2.92. The van der Waals surface area contributed by atoms with Crippen molar-refractivity contribution in [2.24, 2.45) is 5.84 Å². The van der Waals surface area contributed by atoms with Gasteiger partial charge >= 0.3 is 0 Å². The summed E-state index contributed by atoms with van der Waals surface area (Å²) in [4.78, 5) is 16.7. The van der Waals surface area contributed by atoms with Crippen molar-refractivity contribution in [3.8, 4) is 0 Å². The van der Waals surface area contributed by atoms with Gasteiger partial charge in [0, 0.05) is 35.9 Å². The highest BCUT2D eigenvalue weighted by molar-refractivity contribution is 5.78. The first-order chi connectivity index (χ1) is 9.40. The van der Waals surface area contributed by atoms with Crippen LogP contribution < -0.4 is 11.3 Å². The predicted octanol–water partition coefficient (Wildman–Crippen LogP) is 0.972. The van der Waals surface area contributed by atoms with E-state index in [4.69, 9.17) is 5.84 Å². The van der Waals surface area contributed by atoms with Crippen molar-refractivity contribution in [2.45, 2.75) is 6.04 Å². The Bertz CT molecular complexity index is 680. The first-order valence-electron chi connectivity index (χ1n) is 5.81. The zero-order chi connectivity index (χ0) is 13.1. The van der Waals surface area contributed by atoms with Crippen LogP contribution in [-0.4, -0.2) is 19.9 Å². The molecule has 0 aliphatic carbocycles. The number of benzene rings is 1. The van der Waals surface area contributed by atoms with Crippen LogP contribution in [0.5, 0.6) is 0 Å². The fourth-order valence-electron chi connectivity index (χ4n) is 2.07. The first kappa shape index (κ1) is 11.6. The molecule has 0 saturated heterocycles. The molecule has 1 unspecified atom stereocenters. The summed E-state index contributed by atoms with van der Waals surface area (Å²) in [5.74, 6) is 5.67. The number of hydrazine groups is 1. The summed E-state index contributed by atoms with van der Waals surface area (Å²) in [6, 6.07) is 5.59. The molecule has 3 rings (SSSR count). The van der Waals surface area contributed by atoms with Gasteiger partial charge in [0.05, 0.1) is 17.1 Å². The van der Waals surface area contributed by atoms with Crippen LogP contribution in [0.2, 0.25) is 0 Å². The molecule has 6 nitrogen and oxygen atoms in total. The lowest BCUT2D eigenvalue weighted by atomic mass is 10.0. The van der Waals surface area contributed by atoms with Crippen LogP contribution in [0.1, 0.15) is 17.2 Å². The summed E-state index contributed by atoms with van der Waals surface area (Å²) in [5, 5.41) is 0. The maximum Gasteiger partial charge on any atom is 0.115 e. The summed E-state index contributed by atoms with van der Waals surface area (Å²) >= 11 is 0. The van der Waals surface area contributed by atoms with E-state index in [9.17, 15) is 0 Å². The largest absolute Gasteiger partial charge is 0.271 e. The van der Waals surface area contributed by atoms with Gasteiger partial charge in [-0.2, -0.15) is 0 Å². The van der Waals surface area contributed by atoms with Gasteiger partial charge in [0.25, 0.3) is 0 Å². The minimum absolute atomic E-state index is 0.221. The van der Waals surface area contributed by atoms with Crippen molar-refractivity contribution >= 4 is 11.0 Å². The lowest BCUT2D eigenvalue weighted by Gasteiger charge is -2.17. The number of nitrogens with two attached hydrogens (primary N) is 1. The predicted molar refractivity (Wildman–Crippen MR) is 70.7 cm³/mol. The average Bonchev–Trinajstić information content (AvgIpc) is 2.49. The molecule has 0 spiro atoms. The van der Waals surface area contributed by atoms with Crippen molar-refractivity contribution in [3.63, 3.8) is 0 Å². The molecule has 94 valence electrons. The van der Waals surface area contributed by atoms with E-state index in [0.717, 1.165) is 22.2 Å². The van der Waals surface area contributed by atoms with Crippen molar-refractivity contribution in [2.75, 3.05) is 0 Å². The van der Waals surface area contributed by atoms with Gasteiger partial charge in [-0.15, -0.1) is 0 Å². The quantitative estimate of drug-likeness (QED) is 0.533. The van der Waals surface area contributed by atoms with Crippen LogP contribution in [-0.2, 0) is 0 Å². The maximum atomic E-state index is 5.67. The Labute approximate surface area is 109 Å². The second kappa shape index (κ2) is 5.05. The van der Waals surface area contributed by atoms with E-state index < -0.39 is 0 Å². The second-order valence-electron chi connectivity index (χ2n) is 4.04. The molecule has 0 amide bonds. The van der Waals surface area contributed by atoms with Gasteiger partial charge in [0.2, 0.25) is 0 Å². The van der Waals surface area contributed by atoms with E-state index in [-0.39, 0.29) is 6.04 Å². The number of para-hydroxylation sites is 1. The van der Waals surface area contributed by atoms with E-state index in [2.05, 4.69) is 25.4 Å². The van der Waals surface area contributed by atoms with E-state index in [1.54, 1.807) is 24.8 Å². The van der Waals surface area contributed by atoms with E-state index in [0.29, 0.717) is 0 Å². The SMILES string of the molecule is NNC(c1cncnc1)c1cccc2nccnc12. The highest BCUT2D eigenvalue weighted by Gasteiger charge is 2.16. The molecule has 0 aliphatic rings. The number of rotatable bonds is 3. The normalized spacial score (nSPS) is 12.5. The topological polar surface area (TPSA) is 89.6 Å². The minimum atomic E-state index is -0.221. The monoisotopic (exact) mass is 252 g/mol. The molecule has 0 fully saturated rings. The van der Waals surface area contributed by atoms with Crippen LogP contribution >= 0.6 is 0 Å². The standard InChI is InChI=1S/C13H12N6/c14-19-12(9-6-15-8-16-7-9)10-2-1-3-11-13(10)18-5-4-17-11/h1-8,12,19H,14H2. The molecule has 3 N–H and O–H groups in total. The molecule has 1 atom stereocenters. The van der Waals surface area contributed by atoms with Crippen molar-refractivity contribution in [1.29, 1.82) is 0 Å². The van der Waals surface area contributed by atoms with Gasteiger partial charge in [-0.3, -0.25) is 15.8 Å². The van der Waals surface area contributed by atoms with Gasteiger partial charge in [-0.05, 0) is 6.07 Å². The Morgan fingerprint density at radius 1 is 1.05 bits per heavy atom. The average molecular weight is 252 g/mol. The first-order valence-corrected chi connectivity index (χ1v) is 5.81. The van der Waals surface area contributed by atoms with Crippen LogP contribution in [0.4, 0.5) is 0 Å². The fourth-order valence-corrected chi connectivity index (χ4v) is 2.07. The highest BCUT2D eigenvalue weighted by atomic mass is 15.2. The summed E-state index contributed by atoms with van der Waals surface area (Å²) in [7, 11) is 0. The number of fused-ring (bicyclic) bond motifs is 1. The summed E-state index contributed by atoms with van der Waals surface area (Å²) < 4.78 is 0. The molecule has 0 saturated carbocycles. The Morgan fingerprint density at radius 2 is 1.84 bits per heavy atom. The van der Waals surface area contributed by atoms with Gasteiger partial charge in [0.1, 0.15) is 6.33 Å². The number of hydrogen-bond donors (Lipinski definition) is 2. The molecule has 0 bridgehead atoms. The zero-order valence-corrected chi connectivity index (χ0v) is 10.1. The molecule has 0 aliphatic heterocycles. The molecule has 0 radical (unpaired) electrons. The van der Waals surface area contributed by atoms with Gasteiger partial charge in [-0.1, -0.05) is 12.1 Å². The molecule has 19 heavy (non-hydrogen) atoms. The molecular formula is C13H12N6. The van der Waals surface area contributed by atoms with Gasteiger partial charge in [0.15, 0.2) is 0 Å².